The lowest BCUT2D eigenvalue weighted by molar-refractivity contribution is 0.0593. The van der Waals surface area contributed by atoms with E-state index in [-0.39, 0.29) is 12.1 Å². The van der Waals surface area contributed by atoms with Crippen LogP contribution in [0.5, 0.6) is 0 Å². The molecule has 0 unspecified atom stereocenters. The Hall–Kier alpha value is -4.15. The van der Waals surface area contributed by atoms with Crippen LogP contribution in [0.1, 0.15) is 16.9 Å². The van der Waals surface area contributed by atoms with E-state index in [9.17, 15) is 10.1 Å². The molecule has 0 spiro atoms. The molecule has 0 aromatic carbocycles. The fourth-order valence-electron chi connectivity index (χ4n) is 4.59. The van der Waals surface area contributed by atoms with Crippen molar-refractivity contribution >= 4 is 30.9 Å². The zero-order valence-corrected chi connectivity index (χ0v) is 23.5. The van der Waals surface area contributed by atoms with Crippen LogP contribution < -0.4 is 4.90 Å². The second-order valence-electron chi connectivity index (χ2n) is 10.9. The molecular formula is C26H31N9O3Si. The SMILES string of the molecule is COC(=O)c1cnc(N2CC(CC#N)(n3cc(-c4ncnc5c4ccn5COCC[Si](C)(C)C)cn3)C2)cn1. The number of hydrogen-bond acceptors (Lipinski definition) is 10. The third-order valence-electron chi connectivity index (χ3n) is 6.86. The Morgan fingerprint density at radius 1 is 1.15 bits per heavy atom. The van der Waals surface area contributed by atoms with Crippen LogP contribution in [0.4, 0.5) is 5.82 Å². The van der Waals surface area contributed by atoms with Gasteiger partial charge in [0, 0.05) is 51.1 Å². The van der Waals surface area contributed by atoms with Crippen LogP contribution in [0.3, 0.4) is 0 Å². The lowest BCUT2D eigenvalue weighted by Gasteiger charge is -2.49. The lowest BCUT2D eigenvalue weighted by atomic mass is 9.87. The van der Waals surface area contributed by atoms with Gasteiger partial charge in [0.05, 0.1) is 43.9 Å². The van der Waals surface area contributed by atoms with E-state index in [4.69, 9.17) is 4.74 Å². The molecule has 12 nitrogen and oxygen atoms in total. The summed E-state index contributed by atoms with van der Waals surface area (Å²) in [4.78, 5) is 31.2. The largest absolute Gasteiger partial charge is 0.464 e. The summed E-state index contributed by atoms with van der Waals surface area (Å²) >= 11 is 0. The standard InChI is InChI=1S/C26H31N9O3Si/c1-37-25(36)21-12-29-22(13-28-21)34-15-26(16-34,6-7-27)35-14-19(11-32-35)23-20-5-8-33(24(20)31-17-30-23)18-38-9-10-39(2,3)4/h5,8,11-14,17H,6,9-10,15-16,18H2,1-4H3. The Morgan fingerprint density at radius 2 is 1.97 bits per heavy atom. The summed E-state index contributed by atoms with van der Waals surface area (Å²) in [5.74, 6) is 0.0822. The van der Waals surface area contributed by atoms with Crippen LogP contribution in [0.2, 0.25) is 25.7 Å². The van der Waals surface area contributed by atoms with E-state index in [0.717, 1.165) is 34.9 Å². The maximum absolute atomic E-state index is 11.6. The maximum atomic E-state index is 11.6. The average Bonchev–Trinajstić information content (AvgIpc) is 3.55. The van der Waals surface area contributed by atoms with E-state index in [2.05, 4.69) is 55.5 Å². The molecular weight excluding hydrogens is 514 g/mol. The quantitative estimate of drug-likeness (QED) is 0.166. The molecule has 0 N–H and O–H groups in total. The van der Waals surface area contributed by atoms with Gasteiger partial charge in [-0.2, -0.15) is 10.4 Å². The zero-order chi connectivity index (χ0) is 27.6. The van der Waals surface area contributed by atoms with Crippen molar-refractivity contribution in [2.45, 2.75) is 44.4 Å². The van der Waals surface area contributed by atoms with Crippen LogP contribution >= 0.6 is 0 Å². The highest BCUT2D eigenvalue weighted by atomic mass is 28.3. The first kappa shape index (κ1) is 26.5. The van der Waals surface area contributed by atoms with E-state index in [1.165, 1.54) is 19.5 Å². The predicted octanol–water partition coefficient (Wildman–Crippen LogP) is 3.31. The number of carbonyl (C=O) groups excluding carboxylic acids is 1. The predicted molar refractivity (Wildman–Crippen MR) is 147 cm³/mol. The number of aromatic nitrogens is 7. The number of ether oxygens (including phenoxy) is 2. The van der Waals surface area contributed by atoms with E-state index >= 15 is 0 Å². The van der Waals surface area contributed by atoms with Gasteiger partial charge in [0.1, 0.15) is 30.1 Å². The van der Waals surface area contributed by atoms with Crippen LogP contribution in [0, 0.1) is 11.3 Å². The molecule has 0 aliphatic carbocycles. The van der Waals surface area contributed by atoms with E-state index < -0.39 is 19.6 Å². The lowest BCUT2D eigenvalue weighted by Crippen LogP contribution is -2.63. The number of methoxy groups -OCH3 is 1. The van der Waals surface area contributed by atoms with Crippen LogP contribution in [0.25, 0.3) is 22.3 Å². The topological polar surface area (TPSA) is 137 Å². The van der Waals surface area contributed by atoms with Crippen molar-refractivity contribution in [3.63, 3.8) is 0 Å². The highest BCUT2D eigenvalue weighted by Crippen LogP contribution is 2.36. The van der Waals surface area contributed by atoms with Crippen LogP contribution in [-0.2, 0) is 21.7 Å². The van der Waals surface area contributed by atoms with Gasteiger partial charge in [0.2, 0.25) is 0 Å². The Morgan fingerprint density at radius 3 is 2.67 bits per heavy atom. The summed E-state index contributed by atoms with van der Waals surface area (Å²) in [6.45, 7) is 9.23. The molecule has 5 heterocycles. The van der Waals surface area contributed by atoms with E-state index in [1.54, 1.807) is 12.5 Å². The summed E-state index contributed by atoms with van der Waals surface area (Å²) in [5, 5.41) is 15.1. The number of anilines is 1. The molecule has 39 heavy (non-hydrogen) atoms. The summed E-state index contributed by atoms with van der Waals surface area (Å²) in [6.07, 6.45) is 10.4. The molecule has 0 saturated carbocycles. The Bertz CT molecular complexity index is 1510. The third-order valence-corrected chi connectivity index (χ3v) is 8.56. The third kappa shape index (κ3) is 5.38. The monoisotopic (exact) mass is 545 g/mol. The first-order valence-corrected chi connectivity index (χ1v) is 16.4. The zero-order valence-electron chi connectivity index (χ0n) is 22.5. The highest BCUT2D eigenvalue weighted by molar-refractivity contribution is 6.76. The molecule has 1 aliphatic heterocycles. The molecule has 4 aromatic rings. The molecule has 202 valence electrons. The minimum absolute atomic E-state index is 0.143. The second-order valence-corrected chi connectivity index (χ2v) is 16.6. The Balaban J connectivity index is 1.32. The Labute approximate surface area is 227 Å². The van der Waals surface area contributed by atoms with Crippen LogP contribution in [-0.4, -0.2) is 75.1 Å². The van der Waals surface area contributed by atoms with E-state index in [1.807, 2.05) is 32.6 Å². The molecule has 1 saturated heterocycles. The average molecular weight is 546 g/mol. The second kappa shape index (κ2) is 10.5. The number of nitriles is 1. The smallest absolute Gasteiger partial charge is 0.358 e. The molecule has 0 amide bonds. The fourth-order valence-corrected chi connectivity index (χ4v) is 5.35. The normalized spacial score (nSPS) is 14.7. The summed E-state index contributed by atoms with van der Waals surface area (Å²) in [7, 11) is 0.149. The van der Waals surface area contributed by atoms with Gasteiger partial charge < -0.3 is 18.9 Å². The summed E-state index contributed by atoms with van der Waals surface area (Å²) in [6, 6.07) is 5.41. The van der Waals surface area contributed by atoms with Crippen molar-refractivity contribution < 1.29 is 14.3 Å². The van der Waals surface area contributed by atoms with Crippen LogP contribution in [0.15, 0.2) is 43.4 Å². The molecule has 4 aromatic heterocycles. The molecule has 13 heteroatoms. The molecule has 0 atom stereocenters. The number of esters is 1. The number of carbonyl (C=O) groups is 1. The van der Waals surface area contributed by atoms with Gasteiger partial charge >= 0.3 is 5.97 Å². The van der Waals surface area contributed by atoms with Gasteiger partial charge in [0.25, 0.3) is 0 Å². The molecule has 0 bridgehead atoms. The van der Waals surface area contributed by atoms with Gasteiger partial charge in [-0.3, -0.25) is 4.68 Å². The van der Waals surface area contributed by atoms with Gasteiger partial charge in [-0.1, -0.05) is 19.6 Å². The van der Waals surface area contributed by atoms with E-state index in [0.29, 0.717) is 25.6 Å². The Kier molecular flexibility index (Phi) is 7.15. The highest BCUT2D eigenvalue weighted by Gasteiger charge is 2.46. The van der Waals surface area contributed by atoms with Crippen molar-refractivity contribution in [2.24, 2.45) is 0 Å². The van der Waals surface area contributed by atoms with Gasteiger partial charge in [-0.05, 0) is 12.1 Å². The summed E-state index contributed by atoms with van der Waals surface area (Å²) < 4.78 is 14.4. The molecule has 1 aliphatic rings. The number of nitrogens with zero attached hydrogens (tertiary/aromatic N) is 9. The minimum atomic E-state index is -1.15. The van der Waals surface area contributed by atoms with Gasteiger partial charge in [-0.25, -0.2) is 24.7 Å². The fraction of sp³-hybridized carbons (Fsp3) is 0.423. The first-order valence-electron chi connectivity index (χ1n) is 12.7. The first-order chi connectivity index (χ1) is 18.7. The summed E-state index contributed by atoms with van der Waals surface area (Å²) in [5.41, 5.74) is 2.05. The molecule has 5 rings (SSSR count). The van der Waals surface area contributed by atoms with Gasteiger partial charge in [0.15, 0.2) is 5.69 Å². The van der Waals surface area contributed by atoms with Crippen molar-refractivity contribution in [2.75, 3.05) is 31.7 Å². The number of hydrogen-bond donors (Lipinski definition) is 0. The maximum Gasteiger partial charge on any atom is 0.358 e. The minimum Gasteiger partial charge on any atom is -0.464 e. The van der Waals surface area contributed by atoms with Crippen molar-refractivity contribution in [3.8, 4) is 17.3 Å². The number of fused-ring (bicyclic) bond motifs is 1. The molecule has 0 radical (unpaired) electrons. The van der Waals surface area contributed by atoms with Crippen molar-refractivity contribution in [1.82, 2.24) is 34.3 Å². The van der Waals surface area contributed by atoms with Crippen molar-refractivity contribution in [1.29, 1.82) is 5.26 Å². The number of rotatable bonds is 10. The van der Waals surface area contributed by atoms with Gasteiger partial charge in [-0.15, -0.1) is 0 Å². The van der Waals surface area contributed by atoms with Crippen molar-refractivity contribution in [3.05, 3.63) is 49.1 Å². The molecule has 1 fully saturated rings.